The fourth-order valence-corrected chi connectivity index (χ4v) is 3.68. The molecule has 1 aliphatic heterocycles. The molecule has 0 bridgehead atoms. The van der Waals surface area contributed by atoms with Crippen LogP contribution in [0.5, 0.6) is 0 Å². The monoisotopic (exact) mass is 483 g/mol. The van der Waals surface area contributed by atoms with Crippen LogP contribution in [0.25, 0.3) is 0 Å². The Morgan fingerprint density at radius 2 is 1.53 bits per heavy atom. The minimum atomic E-state index is -5.78. The molecular formula is C22H36F3NO5S. The number of unbranched alkanes of at least 4 members (excludes halogenated alkanes) is 8. The lowest BCUT2D eigenvalue weighted by Gasteiger charge is -2.32. The van der Waals surface area contributed by atoms with Gasteiger partial charge in [-0.15, -0.1) is 0 Å². The van der Waals surface area contributed by atoms with Crippen LogP contribution in [-0.4, -0.2) is 36.6 Å². The van der Waals surface area contributed by atoms with Gasteiger partial charge in [-0.3, -0.25) is 4.90 Å². The lowest BCUT2D eigenvalue weighted by atomic mass is 10.0. The second-order valence-corrected chi connectivity index (χ2v) is 10.5. The summed E-state index contributed by atoms with van der Waals surface area (Å²) >= 11 is 0. The summed E-state index contributed by atoms with van der Waals surface area (Å²) in [7, 11) is -5.78. The number of hydrogen-bond donors (Lipinski definition) is 0. The molecule has 1 atom stereocenters. The lowest BCUT2D eigenvalue weighted by molar-refractivity contribution is -0.0520. The van der Waals surface area contributed by atoms with Crippen molar-refractivity contribution in [2.75, 3.05) is 0 Å². The van der Waals surface area contributed by atoms with Crippen LogP contribution in [0, 0.1) is 0 Å². The van der Waals surface area contributed by atoms with Crippen LogP contribution in [0.4, 0.5) is 18.0 Å². The van der Waals surface area contributed by atoms with E-state index in [0.29, 0.717) is 6.42 Å². The van der Waals surface area contributed by atoms with E-state index in [2.05, 4.69) is 11.1 Å². The lowest BCUT2D eigenvalue weighted by Crippen LogP contribution is -2.40. The Balaban J connectivity index is 2.73. The van der Waals surface area contributed by atoms with Gasteiger partial charge in [0.25, 0.3) is 0 Å². The third-order valence-electron chi connectivity index (χ3n) is 4.81. The Morgan fingerprint density at radius 3 is 2.03 bits per heavy atom. The Kier molecular flexibility index (Phi) is 11.1. The van der Waals surface area contributed by atoms with Gasteiger partial charge in [0.15, 0.2) is 0 Å². The normalized spacial score (nSPS) is 17.3. The number of amides is 1. The molecule has 0 spiro atoms. The fraction of sp³-hybridized carbons (Fsp3) is 0.773. The van der Waals surface area contributed by atoms with E-state index in [1.54, 1.807) is 20.8 Å². The number of carbonyl (C=O) groups is 1. The molecule has 186 valence electrons. The van der Waals surface area contributed by atoms with E-state index in [4.69, 9.17) is 4.74 Å². The maximum atomic E-state index is 12.6. The highest BCUT2D eigenvalue weighted by molar-refractivity contribution is 7.87. The second-order valence-electron chi connectivity index (χ2n) is 8.94. The second kappa shape index (κ2) is 12.5. The number of ether oxygens (including phenoxy) is 1. The Bertz CT molecular complexity index is 755. The van der Waals surface area contributed by atoms with Gasteiger partial charge in [0.2, 0.25) is 0 Å². The average molecular weight is 484 g/mol. The summed E-state index contributed by atoms with van der Waals surface area (Å²) in [5.41, 5.74) is -6.29. The molecule has 0 aromatic heterocycles. The van der Waals surface area contributed by atoms with Crippen LogP contribution in [-0.2, 0) is 19.0 Å². The SMILES string of the molecule is CCCCCCCCCCC[C@@H]1C=C(OS(=O)(=O)C(F)(F)F)C=CN1C(=O)OC(C)(C)C. The molecule has 1 heterocycles. The average Bonchev–Trinajstić information content (AvgIpc) is 2.64. The number of alkyl halides is 3. The first kappa shape index (κ1) is 28.3. The molecule has 0 N–H and O–H groups in total. The van der Waals surface area contributed by atoms with Gasteiger partial charge in [-0.2, -0.15) is 21.6 Å². The number of hydrogen-bond acceptors (Lipinski definition) is 5. The summed E-state index contributed by atoms with van der Waals surface area (Å²) in [6, 6.07) is -0.669. The smallest absolute Gasteiger partial charge is 0.443 e. The van der Waals surface area contributed by atoms with Crippen molar-refractivity contribution in [1.82, 2.24) is 4.90 Å². The van der Waals surface area contributed by atoms with Crippen molar-refractivity contribution in [1.29, 1.82) is 0 Å². The van der Waals surface area contributed by atoms with Gasteiger partial charge in [-0.25, -0.2) is 4.79 Å². The van der Waals surface area contributed by atoms with Gasteiger partial charge in [0, 0.05) is 6.20 Å². The molecule has 0 unspecified atom stereocenters. The minimum absolute atomic E-state index is 0.443. The van der Waals surface area contributed by atoms with Crippen molar-refractivity contribution in [3.05, 3.63) is 24.1 Å². The predicted octanol–water partition coefficient (Wildman–Crippen LogP) is 6.79. The molecular weight excluding hydrogens is 447 g/mol. The number of halogens is 3. The van der Waals surface area contributed by atoms with Crippen LogP contribution in [0.1, 0.15) is 91.9 Å². The van der Waals surface area contributed by atoms with E-state index >= 15 is 0 Å². The summed E-state index contributed by atoms with van der Waals surface area (Å²) in [5.74, 6) is -0.469. The van der Waals surface area contributed by atoms with Crippen molar-refractivity contribution in [2.45, 2.75) is 109 Å². The van der Waals surface area contributed by atoms with Crippen LogP contribution in [0.15, 0.2) is 24.1 Å². The quantitative estimate of drug-likeness (QED) is 0.174. The minimum Gasteiger partial charge on any atom is -0.443 e. The zero-order valence-electron chi connectivity index (χ0n) is 19.4. The third-order valence-corrected chi connectivity index (χ3v) is 5.79. The first-order chi connectivity index (χ1) is 14.8. The third kappa shape index (κ3) is 10.3. The number of carbonyl (C=O) groups excluding carboxylic acids is 1. The van der Waals surface area contributed by atoms with Crippen molar-refractivity contribution in [3.8, 4) is 0 Å². The molecule has 0 aromatic rings. The Morgan fingerprint density at radius 1 is 1.00 bits per heavy atom. The molecule has 1 rings (SSSR count). The highest BCUT2D eigenvalue weighted by Crippen LogP contribution is 2.29. The van der Waals surface area contributed by atoms with E-state index < -0.39 is 39.1 Å². The van der Waals surface area contributed by atoms with Gasteiger partial charge in [-0.1, -0.05) is 64.7 Å². The number of nitrogens with zero attached hydrogens (tertiary/aromatic N) is 1. The van der Waals surface area contributed by atoms with E-state index in [-0.39, 0.29) is 0 Å². The van der Waals surface area contributed by atoms with E-state index in [9.17, 15) is 26.4 Å². The molecule has 6 nitrogen and oxygen atoms in total. The van der Waals surface area contributed by atoms with Crippen LogP contribution in [0.2, 0.25) is 0 Å². The van der Waals surface area contributed by atoms with Crippen molar-refractivity contribution >= 4 is 16.2 Å². The molecule has 0 radical (unpaired) electrons. The fourth-order valence-electron chi connectivity index (χ4n) is 3.22. The Hall–Kier alpha value is -1.71. The predicted molar refractivity (Wildman–Crippen MR) is 117 cm³/mol. The van der Waals surface area contributed by atoms with Gasteiger partial charge < -0.3 is 8.92 Å². The maximum absolute atomic E-state index is 12.6. The number of rotatable bonds is 12. The van der Waals surface area contributed by atoms with E-state index in [1.165, 1.54) is 49.3 Å². The zero-order valence-corrected chi connectivity index (χ0v) is 20.2. The number of allylic oxidation sites excluding steroid dienone is 1. The summed E-state index contributed by atoms with van der Waals surface area (Å²) < 4.78 is 70.2. The van der Waals surface area contributed by atoms with E-state index in [0.717, 1.165) is 31.8 Å². The maximum Gasteiger partial charge on any atom is 0.534 e. The van der Waals surface area contributed by atoms with Gasteiger partial charge in [0.1, 0.15) is 11.4 Å². The molecule has 32 heavy (non-hydrogen) atoms. The highest BCUT2D eigenvalue weighted by atomic mass is 32.2. The molecule has 1 aliphatic rings. The standard InChI is InChI=1S/C22H36F3NO5S/c1-5-6-7-8-9-10-11-12-13-14-18-17-19(31-32(28,29)22(23,24)25)15-16-26(18)20(27)30-21(2,3)4/h15-18H,5-14H2,1-4H3/t18-/m1/s1. The first-order valence-electron chi connectivity index (χ1n) is 11.2. The summed E-state index contributed by atoms with van der Waals surface area (Å²) in [6.45, 7) is 7.28. The summed E-state index contributed by atoms with van der Waals surface area (Å²) in [6.07, 6.45) is 13.0. The molecule has 0 saturated heterocycles. The molecule has 0 saturated carbocycles. The topological polar surface area (TPSA) is 72.9 Å². The summed E-state index contributed by atoms with van der Waals surface area (Å²) in [4.78, 5) is 13.8. The van der Waals surface area contributed by atoms with Crippen molar-refractivity contribution in [2.24, 2.45) is 0 Å². The first-order valence-corrected chi connectivity index (χ1v) is 12.6. The van der Waals surface area contributed by atoms with Gasteiger partial charge >= 0.3 is 21.7 Å². The zero-order chi connectivity index (χ0) is 24.4. The van der Waals surface area contributed by atoms with Crippen molar-refractivity contribution < 1.29 is 35.3 Å². The van der Waals surface area contributed by atoms with Crippen LogP contribution < -0.4 is 0 Å². The Labute approximate surface area is 189 Å². The largest absolute Gasteiger partial charge is 0.534 e. The van der Waals surface area contributed by atoms with E-state index in [1.807, 2.05) is 0 Å². The molecule has 10 heteroatoms. The summed E-state index contributed by atoms with van der Waals surface area (Å²) in [5, 5.41) is 0. The van der Waals surface area contributed by atoms with Crippen LogP contribution >= 0.6 is 0 Å². The van der Waals surface area contributed by atoms with Crippen molar-refractivity contribution in [3.63, 3.8) is 0 Å². The van der Waals surface area contributed by atoms with Crippen LogP contribution in [0.3, 0.4) is 0 Å². The molecule has 0 aromatic carbocycles. The van der Waals surface area contributed by atoms with Gasteiger partial charge in [-0.05, 0) is 39.3 Å². The van der Waals surface area contributed by atoms with Gasteiger partial charge in [0.05, 0.1) is 6.04 Å². The molecule has 0 aliphatic carbocycles. The highest BCUT2D eigenvalue weighted by Gasteiger charge is 2.49. The molecule has 0 fully saturated rings. The molecule has 1 amide bonds.